The summed E-state index contributed by atoms with van der Waals surface area (Å²) in [7, 11) is 1.80. The molecule has 0 radical (unpaired) electrons. The van der Waals surface area contributed by atoms with Crippen molar-refractivity contribution in [2.24, 2.45) is 0 Å². The zero-order valence-electron chi connectivity index (χ0n) is 9.49. The van der Waals surface area contributed by atoms with Crippen LogP contribution in [-0.4, -0.2) is 13.1 Å². The van der Waals surface area contributed by atoms with Gasteiger partial charge in [-0.1, -0.05) is 30.8 Å². The third kappa shape index (κ3) is 1.54. The Labute approximate surface area is 100 Å². The van der Waals surface area contributed by atoms with Crippen LogP contribution in [0.2, 0.25) is 0 Å². The van der Waals surface area contributed by atoms with Crippen molar-refractivity contribution in [2.75, 3.05) is 7.05 Å². The molecule has 1 unspecified atom stereocenters. The molecule has 0 aromatic heterocycles. The van der Waals surface area contributed by atoms with E-state index in [1.54, 1.807) is 7.05 Å². The van der Waals surface area contributed by atoms with E-state index in [9.17, 15) is 0 Å². The number of hydrogen-bond acceptors (Lipinski definition) is 3. The molecule has 0 saturated heterocycles. The molecular weight excluding hydrogens is 210 g/mol. The summed E-state index contributed by atoms with van der Waals surface area (Å²) >= 11 is 0. The first-order valence-electron chi connectivity index (χ1n) is 5.24. The van der Waals surface area contributed by atoms with Crippen LogP contribution in [0.3, 0.4) is 0 Å². The molecule has 0 aliphatic heterocycles. The Hall–Kier alpha value is -2.36. The second kappa shape index (κ2) is 4.25. The topological polar surface area (TPSA) is 59.6 Å². The largest absolute Gasteiger partial charge is 0.309 e. The van der Waals surface area contributed by atoms with Gasteiger partial charge in [-0.05, 0) is 23.7 Å². The van der Waals surface area contributed by atoms with Gasteiger partial charge in [0.2, 0.25) is 0 Å². The molecule has 1 aliphatic carbocycles. The number of rotatable bonds is 1. The van der Waals surface area contributed by atoms with E-state index < -0.39 is 0 Å². The number of fused-ring (bicyclic) bond motifs is 1. The van der Waals surface area contributed by atoms with E-state index in [2.05, 4.69) is 11.9 Å². The maximum atomic E-state index is 9.02. The van der Waals surface area contributed by atoms with Crippen molar-refractivity contribution in [3.05, 3.63) is 47.5 Å². The van der Waals surface area contributed by atoms with Crippen LogP contribution in [0, 0.1) is 22.7 Å². The van der Waals surface area contributed by atoms with Gasteiger partial charge in [0.15, 0.2) is 0 Å². The number of hydrogen-bond donors (Lipinski definition) is 1. The smallest absolute Gasteiger partial charge is 0.135 e. The van der Waals surface area contributed by atoms with Crippen molar-refractivity contribution in [2.45, 2.75) is 6.04 Å². The summed E-state index contributed by atoms with van der Waals surface area (Å²) in [5, 5.41) is 21.1. The van der Waals surface area contributed by atoms with Crippen LogP contribution >= 0.6 is 0 Å². The maximum absolute atomic E-state index is 9.02. The maximum Gasteiger partial charge on any atom is 0.135 e. The van der Waals surface area contributed by atoms with Crippen molar-refractivity contribution in [3.63, 3.8) is 0 Å². The van der Waals surface area contributed by atoms with Crippen molar-refractivity contribution in [1.82, 2.24) is 5.32 Å². The first-order chi connectivity index (χ1) is 8.24. The van der Waals surface area contributed by atoms with Gasteiger partial charge in [0, 0.05) is 5.57 Å². The lowest BCUT2D eigenvalue weighted by molar-refractivity contribution is 0.833. The van der Waals surface area contributed by atoms with Crippen molar-refractivity contribution in [3.8, 4) is 12.1 Å². The fraction of sp³-hybridized carbons (Fsp3) is 0.143. The highest BCUT2D eigenvalue weighted by Gasteiger charge is 2.31. The quantitative estimate of drug-likeness (QED) is 0.739. The van der Waals surface area contributed by atoms with Crippen molar-refractivity contribution >= 4 is 11.1 Å². The van der Waals surface area contributed by atoms with Gasteiger partial charge < -0.3 is 5.32 Å². The summed E-state index contributed by atoms with van der Waals surface area (Å²) in [4.78, 5) is 0. The van der Waals surface area contributed by atoms with Crippen LogP contribution in [0.15, 0.2) is 36.4 Å². The summed E-state index contributed by atoms with van der Waals surface area (Å²) in [6.07, 6.45) is 0. The van der Waals surface area contributed by atoms with Crippen LogP contribution in [-0.2, 0) is 0 Å². The molecule has 1 aromatic rings. The molecule has 0 fully saturated rings. The van der Waals surface area contributed by atoms with Gasteiger partial charge in [-0.2, -0.15) is 10.5 Å². The number of benzene rings is 1. The number of nitrogens with one attached hydrogen (secondary N) is 1. The van der Waals surface area contributed by atoms with Crippen LogP contribution < -0.4 is 5.32 Å². The number of nitrogens with zero attached hydrogens (tertiary/aromatic N) is 2. The Balaban J connectivity index is 2.77. The van der Waals surface area contributed by atoms with Gasteiger partial charge in [0.1, 0.15) is 17.7 Å². The lowest BCUT2D eigenvalue weighted by Gasteiger charge is -2.12. The van der Waals surface area contributed by atoms with Crippen LogP contribution in [0.4, 0.5) is 0 Å². The molecule has 1 atom stereocenters. The third-order valence-electron chi connectivity index (χ3n) is 2.98. The molecule has 0 saturated carbocycles. The normalized spacial score (nSPS) is 17.2. The molecule has 1 N–H and O–H groups in total. The Morgan fingerprint density at radius 3 is 2.35 bits per heavy atom. The molecule has 17 heavy (non-hydrogen) atoms. The minimum Gasteiger partial charge on any atom is -0.309 e. The molecule has 2 rings (SSSR count). The average molecular weight is 221 g/mol. The summed E-state index contributed by atoms with van der Waals surface area (Å²) < 4.78 is 0. The SMILES string of the molecule is C=C1c2ccccc2C(=C(C#N)C#N)C1NC. The molecule has 1 aromatic carbocycles. The van der Waals surface area contributed by atoms with Gasteiger partial charge in [-0.15, -0.1) is 0 Å². The monoisotopic (exact) mass is 221 g/mol. The molecule has 0 spiro atoms. The van der Waals surface area contributed by atoms with Crippen molar-refractivity contribution < 1.29 is 0 Å². The highest BCUT2D eigenvalue weighted by molar-refractivity contribution is 5.99. The minimum atomic E-state index is -0.151. The van der Waals surface area contributed by atoms with Gasteiger partial charge in [-0.25, -0.2) is 0 Å². The molecule has 0 heterocycles. The van der Waals surface area contributed by atoms with Gasteiger partial charge >= 0.3 is 0 Å². The minimum absolute atomic E-state index is 0.149. The predicted molar refractivity (Wildman–Crippen MR) is 66.5 cm³/mol. The zero-order chi connectivity index (χ0) is 12.4. The van der Waals surface area contributed by atoms with Crippen molar-refractivity contribution in [1.29, 1.82) is 10.5 Å². The first-order valence-corrected chi connectivity index (χ1v) is 5.24. The van der Waals surface area contributed by atoms with E-state index in [-0.39, 0.29) is 11.6 Å². The Kier molecular flexibility index (Phi) is 2.78. The molecule has 1 aliphatic rings. The molecule has 82 valence electrons. The van der Waals surface area contributed by atoms with E-state index >= 15 is 0 Å². The summed E-state index contributed by atoms with van der Waals surface area (Å²) in [5.74, 6) is 0. The number of nitriles is 2. The fourth-order valence-electron chi connectivity index (χ4n) is 2.23. The molecule has 0 amide bonds. The Morgan fingerprint density at radius 1 is 1.24 bits per heavy atom. The Morgan fingerprint density at radius 2 is 1.82 bits per heavy atom. The van der Waals surface area contributed by atoms with E-state index in [1.165, 1.54) is 0 Å². The first kappa shape index (κ1) is 11.1. The van der Waals surface area contributed by atoms with E-state index in [0.717, 1.165) is 22.3 Å². The van der Waals surface area contributed by atoms with E-state index in [4.69, 9.17) is 10.5 Å². The lowest BCUT2D eigenvalue weighted by Crippen LogP contribution is -2.24. The van der Waals surface area contributed by atoms with Gasteiger partial charge in [0.05, 0.1) is 6.04 Å². The predicted octanol–water partition coefficient (Wildman–Crippen LogP) is 2.10. The number of allylic oxidation sites excluding steroid dienone is 1. The summed E-state index contributed by atoms with van der Waals surface area (Å²) in [5.41, 5.74) is 3.72. The second-order valence-electron chi connectivity index (χ2n) is 3.80. The van der Waals surface area contributed by atoms with Crippen LogP contribution in [0.25, 0.3) is 11.1 Å². The standard InChI is InChI=1S/C14H11N3/c1-9-11-5-3-4-6-12(11)13(14(9)17-2)10(7-15)8-16/h3-6,14,17H,1H2,2H3. The van der Waals surface area contributed by atoms with E-state index in [0.29, 0.717) is 0 Å². The summed E-state index contributed by atoms with van der Waals surface area (Å²) in [6, 6.07) is 11.5. The fourth-order valence-corrected chi connectivity index (χ4v) is 2.23. The van der Waals surface area contributed by atoms with Crippen LogP contribution in [0.1, 0.15) is 11.1 Å². The average Bonchev–Trinajstić information content (AvgIpc) is 2.65. The zero-order valence-corrected chi connectivity index (χ0v) is 9.49. The third-order valence-corrected chi connectivity index (χ3v) is 2.98. The lowest BCUT2D eigenvalue weighted by atomic mass is 10.0. The van der Waals surface area contributed by atoms with Crippen LogP contribution in [0.5, 0.6) is 0 Å². The van der Waals surface area contributed by atoms with Gasteiger partial charge in [0.25, 0.3) is 0 Å². The molecule has 0 bridgehead atoms. The number of likely N-dealkylation sites (N-methyl/N-ethyl adjacent to an activating group) is 1. The summed E-state index contributed by atoms with van der Waals surface area (Å²) in [6.45, 7) is 4.03. The molecule has 3 heteroatoms. The highest BCUT2D eigenvalue weighted by Crippen LogP contribution is 2.40. The van der Waals surface area contributed by atoms with Gasteiger partial charge in [-0.3, -0.25) is 0 Å². The highest BCUT2D eigenvalue weighted by atomic mass is 14.9. The van der Waals surface area contributed by atoms with E-state index in [1.807, 2.05) is 36.4 Å². The second-order valence-corrected chi connectivity index (χ2v) is 3.80. The molecule has 3 nitrogen and oxygen atoms in total. The Bertz CT molecular complexity index is 581. The molecular formula is C14H11N3.